The van der Waals surface area contributed by atoms with Gasteiger partial charge in [0.25, 0.3) is 0 Å². The van der Waals surface area contributed by atoms with Crippen molar-refractivity contribution in [3.8, 4) is 11.8 Å². The molecule has 1 heterocycles. The molecule has 22 heavy (non-hydrogen) atoms. The zero-order valence-corrected chi connectivity index (χ0v) is 13.0. The Morgan fingerprint density at radius 1 is 1.41 bits per heavy atom. The van der Waals surface area contributed by atoms with E-state index < -0.39 is 10.9 Å². The van der Waals surface area contributed by atoms with Crippen LogP contribution in [0, 0.1) is 22.0 Å². The molecule has 0 saturated carbocycles. The Bertz CT molecular complexity index is 581. The molecule has 0 fully saturated rings. The quantitative estimate of drug-likeness (QED) is 0.326. The van der Waals surface area contributed by atoms with Crippen molar-refractivity contribution in [3.05, 3.63) is 22.0 Å². The number of carbonyl (C=O) groups is 1. The van der Waals surface area contributed by atoms with Gasteiger partial charge < -0.3 is 4.74 Å². The Hall–Kier alpha value is -2.40. The van der Waals surface area contributed by atoms with Crippen LogP contribution in [-0.4, -0.2) is 51.8 Å². The van der Waals surface area contributed by atoms with E-state index in [1.807, 2.05) is 13.8 Å². The monoisotopic (exact) mass is 308 g/mol. The average Bonchev–Trinajstić information content (AvgIpc) is 2.92. The van der Waals surface area contributed by atoms with Crippen LogP contribution < -0.4 is 0 Å². The molecule has 0 spiro atoms. The highest BCUT2D eigenvalue weighted by molar-refractivity contribution is 5.91. The maximum Gasteiger partial charge on any atom is 0.366 e. The van der Waals surface area contributed by atoms with E-state index >= 15 is 0 Å². The molecule has 1 aromatic rings. The van der Waals surface area contributed by atoms with Gasteiger partial charge in [0.1, 0.15) is 12.7 Å². The first-order valence-electron chi connectivity index (χ1n) is 7.10. The summed E-state index contributed by atoms with van der Waals surface area (Å²) in [4.78, 5) is 24.1. The fourth-order valence-corrected chi connectivity index (χ4v) is 1.72. The lowest BCUT2D eigenvalue weighted by Gasteiger charge is -2.13. The smallest absolute Gasteiger partial charge is 0.366 e. The number of ether oxygens (including phenoxy) is 1. The summed E-state index contributed by atoms with van der Waals surface area (Å²) in [5.41, 5.74) is -0.665. The predicted octanol–water partition coefficient (Wildman–Crippen LogP) is 1.31. The van der Waals surface area contributed by atoms with Crippen molar-refractivity contribution in [1.82, 2.24) is 14.7 Å². The summed E-state index contributed by atoms with van der Waals surface area (Å²) in [5, 5.41) is 14.8. The number of esters is 1. The lowest BCUT2D eigenvalue weighted by atomic mass is 10.4. The Morgan fingerprint density at radius 2 is 2.09 bits per heavy atom. The van der Waals surface area contributed by atoms with E-state index in [1.54, 1.807) is 6.92 Å². The van der Waals surface area contributed by atoms with Crippen LogP contribution in [0.15, 0.2) is 6.20 Å². The highest BCUT2D eigenvalue weighted by Gasteiger charge is 2.26. The molecule has 0 aliphatic carbocycles. The predicted molar refractivity (Wildman–Crippen MR) is 80.4 cm³/mol. The van der Waals surface area contributed by atoms with Gasteiger partial charge in [-0.1, -0.05) is 25.7 Å². The summed E-state index contributed by atoms with van der Waals surface area (Å²) in [7, 11) is 0. The zero-order chi connectivity index (χ0) is 16.5. The summed E-state index contributed by atoms with van der Waals surface area (Å²) in [6, 6.07) is 0. The van der Waals surface area contributed by atoms with Crippen molar-refractivity contribution < 1.29 is 14.5 Å². The first-order valence-corrected chi connectivity index (χ1v) is 7.10. The number of hydrogen-bond acceptors (Lipinski definition) is 6. The summed E-state index contributed by atoms with van der Waals surface area (Å²) in [6.07, 6.45) is 1.19. The van der Waals surface area contributed by atoms with Gasteiger partial charge in [-0.25, -0.2) is 4.79 Å². The van der Waals surface area contributed by atoms with Crippen LogP contribution in [0.5, 0.6) is 0 Å². The Balaban J connectivity index is 2.80. The number of hydrogen-bond donors (Lipinski definition) is 0. The molecule has 0 aliphatic rings. The third kappa shape index (κ3) is 4.86. The minimum atomic E-state index is -0.802. The number of rotatable bonds is 7. The highest BCUT2D eigenvalue weighted by Crippen LogP contribution is 2.17. The van der Waals surface area contributed by atoms with Crippen LogP contribution in [0.4, 0.5) is 5.69 Å². The van der Waals surface area contributed by atoms with E-state index in [0.717, 1.165) is 13.1 Å². The number of aromatic nitrogens is 2. The van der Waals surface area contributed by atoms with Crippen LogP contribution in [0.25, 0.3) is 0 Å². The van der Waals surface area contributed by atoms with Crippen molar-refractivity contribution in [1.29, 1.82) is 0 Å². The van der Waals surface area contributed by atoms with Gasteiger partial charge in [0.05, 0.1) is 18.1 Å². The third-order valence-corrected chi connectivity index (χ3v) is 2.97. The second-order valence-electron chi connectivity index (χ2n) is 4.35. The van der Waals surface area contributed by atoms with Crippen LogP contribution in [0.2, 0.25) is 0 Å². The molecule has 8 nitrogen and oxygen atoms in total. The van der Waals surface area contributed by atoms with Gasteiger partial charge in [-0.3, -0.25) is 19.7 Å². The molecule has 120 valence electrons. The number of nitro groups is 1. The zero-order valence-electron chi connectivity index (χ0n) is 13.0. The first-order chi connectivity index (χ1) is 10.5. The number of carbonyl (C=O) groups excluding carboxylic acids is 1. The molecular formula is C14H20N4O4. The molecule has 0 bridgehead atoms. The van der Waals surface area contributed by atoms with Gasteiger partial charge in [-0.05, 0) is 20.0 Å². The lowest BCUT2D eigenvalue weighted by molar-refractivity contribution is -0.385. The molecule has 1 rings (SSSR count). The molecule has 1 aromatic heterocycles. The highest BCUT2D eigenvalue weighted by atomic mass is 16.6. The molecule has 0 aliphatic heterocycles. The van der Waals surface area contributed by atoms with Crippen LogP contribution in [-0.2, 0) is 11.3 Å². The summed E-state index contributed by atoms with van der Waals surface area (Å²) in [5.74, 6) is 5.06. The summed E-state index contributed by atoms with van der Waals surface area (Å²) < 4.78 is 6.03. The van der Waals surface area contributed by atoms with E-state index in [9.17, 15) is 14.9 Å². The molecule has 0 N–H and O–H groups in total. The molecule has 8 heteroatoms. The van der Waals surface area contributed by atoms with Crippen LogP contribution in [0.1, 0.15) is 31.3 Å². The fraction of sp³-hybridized carbons (Fsp3) is 0.571. The molecule has 0 amide bonds. The Morgan fingerprint density at radius 3 is 2.64 bits per heavy atom. The lowest BCUT2D eigenvalue weighted by Crippen LogP contribution is -2.22. The minimum absolute atomic E-state index is 0.131. The van der Waals surface area contributed by atoms with Crippen molar-refractivity contribution >= 4 is 11.7 Å². The van der Waals surface area contributed by atoms with Crippen molar-refractivity contribution in [2.24, 2.45) is 0 Å². The Kier molecular flexibility index (Phi) is 7.05. The van der Waals surface area contributed by atoms with Gasteiger partial charge in [-0.15, -0.1) is 0 Å². The largest absolute Gasteiger partial charge is 0.461 e. The standard InChI is InChI=1S/C14H20N4O4/c1-4-16(5-2)9-7-8-10-17-11-12(18(20)21)13(15-17)14(19)22-6-3/h11H,4-6,9-10H2,1-3H3. The molecule has 0 aromatic carbocycles. The van der Waals surface area contributed by atoms with E-state index in [2.05, 4.69) is 21.8 Å². The van der Waals surface area contributed by atoms with Gasteiger partial charge in [-0.2, -0.15) is 5.10 Å². The van der Waals surface area contributed by atoms with Crippen LogP contribution >= 0.6 is 0 Å². The topological polar surface area (TPSA) is 90.5 Å². The molecule has 0 unspecified atom stereocenters. The third-order valence-electron chi connectivity index (χ3n) is 2.97. The second-order valence-corrected chi connectivity index (χ2v) is 4.35. The molecule has 0 atom stereocenters. The van der Waals surface area contributed by atoms with Crippen LogP contribution in [0.3, 0.4) is 0 Å². The maximum absolute atomic E-state index is 11.6. The molecular weight excluding hydrogens is 288 g/mol. The minimum Gasteiger partial charge on any atom is -0.461 e. The van der Waals surface area contributed by atoms with E-state index in [1.165, 1.54) is 10.9 Å². The second kappa shape index (κ2) is 8.79. The summed E-state index contributed by atoms with van der Waals surface area (Å²) in [6.45, 7) is 8.48. The number of nitrogens with zero attached hydrogens (tertiary/aromatic N) is 4. The van der Waals surface area contributed by atoms with Crippen molar-refractivity contribution in [2.75, 3.05) is 26.2 Å². The maximum atomic E-state index is 11.6. The van der Waals surface area contributed by atoms with Crippen molar-refractivity contribution in [3.63, 3.8) is 0 Å². The van der Waals surface area contributed by atoms with Gasteiger partial charge >= 0.3 is 11.7 Å². The first kappa shape index (κ1) is 17.7. The molecule has 0 radical (unpaired) electrons. The summed E-state index contributed by atoms with van der Waals surface area (Å²) >= 11 is 0. The Labute approximate surface area is 129 Å². The van der Waals surface area contributed by atoms with E-state index in [-0.39, 0.29) is 24.5 Å². The fourth-order valence-electron chi connectivity index (χ4n) is 1.72. The van der Waals surface area contributed by atoms with Gasteiger partial charge in [0, 0.05) is 0 Å². The van der Waals surface area contributed by atoms with Gasteiger partial charge in [0.15, 0.2) is 0 Å². The van der Waals surface area contributed by atoms with E-state index in [4.69, 9.17) is 4.74 Å². The molecule has 0 saturated heterocycles. The van der Waals surface area contributed by atoms with E-state index in [0.29, 0.717) is 6.54 Å². The normalized spacial score (nSPS) is 10.2. The average molecular weight is 308 g/mol. The van der Waals surface area contributed by atoms with Gasteiger partial charge in [0.2, 0.25) is 5.69 Å². The SMILES string of the molecule is CCOC(=O)c1nn(CC#CCN(CC)CC)cc1[N+](=O)[O-]. The van der Waals surface area contributed by atoms with Crippen molar-refractivity contribution in [2.45, 2.75) is 27.3 Å².